The lowest BCUT2D eigenvalue weighted by Crippen LogP contribution is -2.29. The van der Waals surface area contributed by atoms with Crippen molar-refractivity contribution >= 4 is 17.2 Å². The Balaban J connectivity index is 2.05. The second-order valence-electron chi connectivity index (χ2n) is 3.23. The van der Waals surface area contributed by atoms with E-state index in [9.17, 15) is 4.79 Å². The van der Waals surface area contributed by atoms with Crippen molar-refractivity contribution in [2.75, 3.05) is 0 Å². The average Bonchev–Trinajstić information content (AvgIpc) is 2.85. The summed E-state index contributed by atoms with van der Waals surface area (Å²) in [6.07, 6.45) is 3.39. The van der Waals surface area contributed by atoms with Gasteiger partial charge in [-0.1, -0.05) is 0 Å². The first-order valence-electron chi connectivity index (χ1n) is 4.91. The maximum atomic E-state index is 11.4. The predicted molar refractivity (Wildman–Crippen MR) is 64.5 cm³/mol. The van der Waals surface area contributed by atoms with E-state index in [0.717, 1.165) is 5.56 Å². The molecule has 2 rings (SSSR count). The summed E-state index contributed by atoms with van der Waals surface area (Å²) in [4.78, 5) is 15.8. The quantitative estimate of drug-likeness (QED) is 0.487. The van der Waals surface area contributed by atoms with Crippen LogP contribution in [-0.2, 0) is 6.61 Å². The molecule has 0 atom stereocenters. The van der Waals surface area contributed by atoms with Crippen molar-refractivity contribution in [3.63, 3.8) is 0 Å². The summed E-state index contributed by atoms with van der Waals surface area (Å²) < 4.78 is 5.55. The highest BCUT2D eigenvalue weighted by atomic mass is 32.1. The van der Waals surface area contributed by atoms with E-state index in [1.807, 2.05) is 12.1 Å². The Morgan fingerprint density at radius 2 is 2.18 bits per heavy atom. The first kappa shape index (κ1) is 11.6. The Kier molecular flexibility index (Phi) is 3.69. The van der Waals surface area contributed by atoms with Gasteiger partial charge in [0.1, 0.15) is 17.2 Å². The number of nitrogens with one attached hydrogen (secondary N) is 1. The molecule has 0 spiro atoms. The molecule has 0 aliphatic rings. The molecule has 5 nitrogen and oxygen atoms in total. The molecule has 17 heavy (non-hydrogen) atoms. The zero-order valence-electron chi connectivity index (χ0n) is 8.92. The molecular weight excluding hydrogens is 238 g/mol. The average molecular weight is 249 g/mol. The molecule has 0 saturated heterocycles. The molecule has 1 amide bonds. The van der Waals surface area contributed by atoms with Crippen LogP contribution < -0.4 is 16.0 Å². The first-order chi connectivity index (χ1) is 8.31. The second-order valence-corrected chi connectivity index (χ2v) is 4.15. The number of hydrazine groups is 1. The molecule has 2 aromatic heterocycles. The molecule has 88 valence electrons. The third-order valence-electron chi connectivity index (χ3n) is 2.11. The van der Waals surface area contributed by atoms with Crippen LogP contribution in [0.25, 0.3) is 0 Å². The van der Waals surface area contributed by atoms with E-state index in [-0.39, 0.29) is 5.91 Å². The molecule has 0 aliphatic heterocycles. The number of thiophene rings is 1. The van der Waals surface area contributed by atoms with Crippen LogP contribution in [0.5, 0.6) is 5.75 Å². The number of ether oxygens (including phenoxy) is 1. The number of rotatable bonds is 4. The maximum absolute atomic E-state index is 11.4. The summed E-state index contributed by atoms with van der Waals surface area (Å²) in [5.74, 6) is 5.28. The van der Waals surface area contributed by atoms with E-state index in [4.69, 9.17) is 10.6 Å². The van der Waals surface area contributed by atoms with E-state index in [1.54, 1.807) is 23.8 Å². The zero-order chi connectivity index (χ0) is 12.1. The highest BCUT2D eigenvalue weighted by Crippen LogP contribution is 2.25. The largest absolute Gasteiger partial charge is 0.487 e. The lowest BCUT2D eigenvalue weighted by atomic mass is 10.3. The second kappa shape index (κ2) is 5.42. The van der Waals surface area contributed by atoms with Crippen molar-refractivity contribution in [2.24, 2.45) is 5.84 Å². The van der Waals surface area contributed by atoms with Gasteiger partial charge in [-0.05, 0) is 29.1 Å². The summed E-state index contributed by atoms with van der Waals surface area (Å²) in [5, 5.41) is 1.78. The molecule has 3 N–H and O–H groups in total. The fourth-order valence-corrected chi connectivity index (χ4v) is 2.02. The Labute approximate surface area is 102 Å². The Hall–Kier alpha value is -1.92. The third kappa shape index (κ3) is 2.80. The molecule has 0 unspecified atom stereocenters. The Morgan fingerprint density at radius 1 is 1.41 bits per heavy atom. The molecule has 0 bridgehead atoms. The third-order valence-corrected chi connectivity index (χ3v) is 3.00. The van der Waals surface area contributed by atoms with E-state index < -0.39 is 0 Å². The number of carbonyl (C=O) groups is 1. The van der Waals surface area contributed by atoms with Crippen molar-refractivity contribution in [1.29, 1.82) is 0 Å². The number of nitrogens with zero attached hydrogens (tertiary/aromatic N) is 1. The molecule has 0 aromatic carbocycles. The number of carbonyl (C=O) groups excluding carboxylic acids is 1. The number of nitrogen functional groups attached to an aromatic ring is 1. The highest BCUT2D eigenvalue weighted by molar-refractivity contribution is 7.12. The minimum absolute atomic E-state index is 0.343. The SMILES string of the molecule is NNC(=O)c1sccc1OCc1ccncc1. The molecule has 6 heteroatoms. The van der Waals surface area contributed by atoms with Crippen LogP contribution >= 0.6 is 11.3 Å². The standard InChI is InChI=1S/C11H11N3O2S/c12-14-11(15)10-9(3-6-17-10)16-7-8-1-4-13-5-2-8/h1-6H,7,12H2,(H,14,15). The van der Waals surface area contributed by atoms with Gasteiger partial charge in [-0.2, -0.15) is 0 Å². The van der Waals surface area contributed by atoms with Crippen LogP contribution in [0.15, 0.2) is 36.0 Å². The van der Waals surface area contributed by atoms with Gasteiger partial charge in [0.05, 0.1) is 0 Å². The minimum atomic E-state index is -0.343. The fraction of sp³-hybridized carbons (Fsp3) is 0.0909. The van der Waals surface area contributed by atoms with Crippen molar-refractivity contribution in [3.8, 4) is 5.75 Å². The lowest BCUT2D eigenvalue weighted by molar-refractivity contribution is 0.0953. The number of aromatic nitrogens is 1. The van der Waals surface area contributed by atoms with Gasteiger partial charge >= 0.3 is 0 Å². The van der Waals surface area contributed by atoms with Crippen molar-refractivity contribution < 1.29 is 9.53 Å². The van der Waals surface area contributed by atoms with Crippen molar-refractivity contribution in [2.45, 2.75) is 6.61 Å². The molecule has 0 aliphatic carbocycles. The van der Waals surface area contributed by atoms with E-state index in [1.165, 1.54) is 11.3 Å². The van der Waals surface area contributed by atoms with Gasteiger partial charge in [-0.3, -0.25) is 15.2 Å². The van der Waals surface area contributed by atoms with Crippen molar-refractivity contribution in [3.05, 3.63) is 46.4 Å². The van der Waals surface area contributed by atoms with Gasteiger partial charge in [0.2, 0.25) is 0 Å². The number of nitrogens with two attached hydrogens (primary N) is 1. The van der Waals surface area contributed by atoms with Crippen LogP contribution in [-0.4, -0.2) is 10.9 Å². The van der Waals surface area contributed by atoms with Crippen LogP contribution in [0, 0.1) is 0 Å². The number of hydrogen-bond donors (Lipinski definition) is 2. The summed E-state index contributed by atoms with van der Waals surface area (Å²) in [6, 6.07) is 5.46. The Morgan fingerprint density at radius 3 is 2.88 bits per heavy atom. The van der Waals surface area contributed by atoms with Gasteiger partial charge in [0.25, 0.3) is 5.91 Å². The Bertz CT molecular complexity index is 498. The van der Waals surface area contributed by atoms with Crippen LogP contribution in [0.3, 0.4) is 0 Å². The summed E-state index contributed by atoms with van der Waals surface area (Å²) in [7, 11) is 0. The monoisotopic (exact) mass is 249 g/mol. The van der Waals surface area contributed by atoms with Crippen molar-refractivity contribution in [1.82, 2.24) is 10.4 Å². The van der Waals surface area contributed by atoms with Gasteiger partial charge < -0.3 is 4.74 Å². The molecule has 0 saturated carbocycles. The fourth-order valence-electron chi connectivity index (χ4n) is 1.28. The normalized spacial score (nSPS) is 9.94. The zero-order valence-corrected chi connectivity index (χ0v) is 9.74. The molecule has 2 aromatic rings. The van der Waals surface area contributed by atoms with E-state index in [2.05, 4.69) is 10.4 Å². The molecule has 2 heterocycles. The number of hydrogen-bond acceptors (Lipinski definition) is 5. The smallest absolute Gasteiger partial charge is 0.279 e. The lowest BCUT2D eigenvalue weighted by Gasteiger charge is -2.06. The van der Waals surface area contributed by atoms with Gasteiger partial charge in [-0.15, -0.1) is 11.3 Å². The summed E-state index contributed by atoms with van der Waals surface area (Å²) in [6.45, 7) is 0.393. The molecule has 0 radical (unpaired) electrons. The summed E-state index contributed by atoms with van der Waals surface area (Å²) in [5.41, 5.74) is 3.08. The van der Waals surface area contributed by atoms with E-state index >= 15 is 0 Å². The highest BCUT2D eigenvalue weighted by Gasteiger charge is 2.12. The first-order valence-corrected chi connectivity index (χ1v) is 5.79. The van der Waals surface area contributed by atoms with Gasteiger partial charge in [0, 0.05) is 12.4 Å². The topological polar surface area (TPSA) is 77.2 Å². The number of amides is 1. The molecular formula is C11H11N3O2S. The predicted octanol–water partition coefficient (Wildman–Crippen LogP) is 1.33. The van der Waals surface area contributed by atoms with E-state index in [0.29, 0.717) is 17.2 Å². The van der Waals surface area contributed by atoms with Crippen LogP contribution in [0.1, 0.15) is 15.2 Å². The number of pyridine rings is 1. The van der Waals surface area contributed by atoms with Crippen LogP contribution in [0.2, 0.25) is 0 Å². The van der Waals surface area contributed by atoms with Gasteiger partial charge in [-0.25, -0.2) is 5.84 Å². The molecule has 0 fully saturated rings. The maximum Gasteiger partial charge on any atom is 0.279 e. The minimum Gasteiger partial charge on any atom is -0.487 e. The van der Waals surface area contributed by atoms with Gasteiger partial charge in [0.15, 0.2) is 0 Å². The summed E-state index contributed by atoms with van der Waals surface area (Å²) >= 11 is 1.29. The van der Waals surface area contributed by atoms with Crippen LogP contribution in [0.4, 0.5) is 0 Å².